The van der Waals surface area contributed by atoms with E-state index in [0.29, 0.717) is 5.92 Å². The van der Waals surface area contributed by atoms with Crippen LogP contribution in [0.4, 0.5) is 13.2 Å². The summed E-state index contributed by atoms with van der Waals surface area (Å²) in [4.78, 5) is 0. The van der Waals surface area contributed by atoms with Crippen molar-refractivity contribution in [2.75, 3.05) is 0 Å². The third-order valence-electron chi connectivity index (χ3n) is 6.32. The van der Waals surface area contributed by atoms with Crippen LogP contribution in [0.25, 0.3) is 0 Å². The van der Waals surface area contributed by atoms with E-state index < -0.39 is 17.5 Å². The van der Waals surface area contributed by atoms with E-state index in [0.717, 1.165) is 42.9 Å². The molecule has 4 rings (SSSR count). The molecule has 3 heteroatoms. The lowest BCUT2D eigenvalue weighted by Crippen LogP contribution is -2.13. The molecule has 0 N–H and O–H groups in total. The van der Waals surface area contributed by atoms with Crippen molar-refractivity contribution in [3.8, 4) is 11.8 Å². The van der Waals surface area contributed by atoms with Gasteiger partial charge in [0.15, 0.2) is 11.6 Å². The Kier molecular flexibility index (Phi) is 7.00. The van der Waals surface area contributed by atoms with Crippen molar-refractivity contribution < 1.29 is 13.2 Å². The van der Waals surface area contributed by atoms with Crippen molar-refractivity contribution >= 4 is 0 Å². The van der Waals surface area contributed by atoms with Gasteiger partial charge in [0.1, 0.15) is 5.82 Å². The zero-order valence-corrected chi connectivity index (χ0v) is 18.4. The molecule has 1 unspecified atom stereocenters. The highest BCUT2D eigenvalue weighted by Gasteiger charge is 2.22. The van der Waals surface area contributed by atoms with E-state index in [2.05, 4.69) is 43.0 Å². The van der Waals surface area contributed by atoms with E-state index in [1.165, 1.54) is 42.5 Å². The minimum atomic E-state index is -1.00. The minimum Gasteiger partial charge on any atom is -0.206 e. The molecule has 164 valence electrons. The number of benzene rings is 3. The van der Waals surface area contributed by atoms with Crippen LogP contribution in [0.5, 0.6) is 0 Å². The number of hydrogen-bond acceptors (Lipinski definition) is 0. The monoisotopic (exact) mass is 432 g/mol. The fourth-order valence-electron chi connectivity index (χ4n) is 4.43. The molecule has 0 bridgehead atoms. The summed E-state index contributed by atoms with van der Waals surface area (Å²) in [6, 6.07) is 16.0. The van der Waals surface area contributed by atoms with E-state index in [1.807, 2.05) is 0 Å². The molecule has 32 heavy (non-hydrogen) atoms. The van der Waals surface area contributed by atoms with Gasteiger partial charge in [-0.3, -0.25) is 0 Å². The lowest BCUT2D eigenvalue weighted by Gasteiger charge is -2.25. The van der Waals surface area contributed by atoms with Gasteiger partial charge in [0.05, 0.1) is 11.1 Å². The summed E-state index contributed by atoms with van der Waals surface area (Å²) in [5.74, 6) is 3.26. The number of aryl methyl sites for hydroxylation is 2. The van der Waals surface area contributed by atoms with Crippen LogP contribution in [0.3, 0.4) is 0 Å². The first-order valence-corrected chi connectivity index (χ1v) is 11.4. The molecule has 1 atom stereocenters. The molecule has 1 aliphatic carbocycles. The van der Waals surface area contributed by atoms with Gasteiger partial charge in [-0.25, -0.2) is 13.2 Å². The second-order valence-electron chi connectivity index (χ2n) is 8.59. The third-order valence-corrected chi connectivity index (χ3v) is 6.32. The maximum absolute atomic E-state index is 14.7. The predicted octanol–water partition coefficient (Wildman–Crippen LogP) is 7.51. The molecule has 0 fully saturated rings. The first-order valence-electron chi connectivity index (χ1n) is 11.4. The molecule has 0 aliphatic heterocycles. The second kappa shape index (κ2) is 10.1. The van der Waals surface area contributed by atoms with Crippen molar-refractivity contribution in [1.82, 2.24) is 0 Å². The molecule has 3 aromatic rings. The molecule has 1 aliphatic rings. The van der Waals surface area contributed by atoms with Crippen LogP contribution in [-0.4, -0.2) is 0 Å². The van der Waals surface area contributed by atoms with Gasteiger partial charge in [-0.2, -0.15) is 0 Å². The lowest BCUT2D eigenvalue weighted by atomic mass is 9.79. The fourth-order valence-corrected chi connectivity index (χ4v) is 4.43. The van der Waals surface area contributed by atoms with Crippen molar-refractivity contribution in [3.05, 3.63) is 105 Å². The number of fused-ring (bicyclic) bond motifs is 1. The maximum atomic E-state index is 14.7. The standard InChI is InChI=1S/C29H27F3/c1-2-3-4-6-20-9-11-21(12-10-20)23-14-15-24-17-25(28(31)19-26(24)18-23)16-13-22-7-5-8-27(30)29(22)32/h5,7-12,17,19,23H,2-4,6,14-15,18H2,1H3. The highest BCUT2D eigenvalue weighted by atomic mass is 19.2. The van der Waals surface area contributed by atoms with Gasteiger partial charge in [0, 0.05) is 0 Å². The summed E-state index contributed by atoms with van der Waals surface area (Å²) in [5, 5.41) is 0. The van der Waals surface area contributed by atoms with Crippen LogP contribution in [0.2, 0.25) is 0 Å². The maximum Gasteiger partial charge on any atom is 0.174 e. The van der Waals surface area contributed by atoms with Crippen molar-refractivity contribution in [2.24, 2.45) is 0 Å². The van der Waals surface area contributed by atoms with E-state index in [9.17, 15) is 13.2 Å². The minimum absolute atomic E-state index is 0.0691. The molecule has 0 aromatic heterocycles. The second-order valence-corrected chi connectivity index (χ2v) is 8.59. The smallest absolute Gasteiger partial charge is 0.174 e. The predicted molar refractivity (Wildman–Crippen MR) is 123 cm³/mol. The van der Waals surface area contributed by atoms with Crippen LogP contribution in [0, 0.1) is 29.3 Å². The summed E-state index contributed by atoms with van der Waals surface area (Å²) < 4.78 is 41.9. The molecule has 0 heterocycles. The summed E-state index contributed by atoms with van der Waals surface area (Å²) in [6.45, 7) is 2.21. The van der Waals surface area contributed by atoms with Gasteiger partial charge in [-0.15, -0.1) is 0 Å². The van der Waals surface area contributed by atoms with Gasteiger partial charge in [-0.1, -0.05) is 61.9 Å². The Balaban J connectivity index is 1.49. The third kappa shape index (κ3) is 5.07. The molecule has 0 saturated carbocycles. The van der Waals surface area contributed by atoms with Gasteiger partial charge in [-0.05, 0) is 84.5 Å². The number of rotatable bonds is 5. The van der Waals surface area contributed by atoms with Crippen molar-refractivity contribution in [3.63, 3.8) is 0 Å². The Bertz CT molecular complexity index is 1150. The normalized spacial score (nSPS) is 15.1. The van der Waals surface area contributed by atoms with E-state index in [-0.39, 0.29) is 11.1 Å². The zero-order valence-electron chi connectivity index (χ0n) is 18.4. The molecule has 0 spiro atoms. The van der Waals surface area contributed by atoms with Gasteiger partial charge in [0.25, 0.3) is 0 Å². The van der Waals surface area contributed by atoms with Crippen molar-refractivity contribution in [2.45, 2.75) is 57.8 Å². The molecular weight excluding hydrogens is 405 g/mol. The van der Waals surface area contributed by atoms with Crippen LogP contribution < -0.4 is 0 Å². The van der Waals surface area contributed by atoms with Crippen molar-refractivity contribution in [1.29, 1.82) is 0 Å². The Morgan fingerprint density at radius 3 is 2.41 bits per heavy atom. The first-order chi connectivity index (χ1) is 15.5. The average molecular weight is 433 g/mol. The highest BCUT2D eigenvalue weighted by Crippen LogP contribution is 2.34. The van der Waals surface area contributed by atoms with Gasteiger partial charge < -0.3 is 0 Å². The van der Waals surface area contributed by atoms with E-state index in [4.69, 9.17) is 0 Å². The Morgan fingerprint density at radius 1 is 0.844 bits per heavy atom. The lowest BCUT2D eigenvalue weighted by molar-refractivity contribution is 0.506. The Labute approximate surface area is 188 Å². The number of hydrogen-bond donors (Lipinski definition) is 0. The Hall–Kier alpha value is -2.99. The molecule has 0 nitrogen and oxygen atoms in total. The molecule has 0 saturated heterocycles. The highest BCUT2D eigenvalue weighted by molar-refractivity contribution is 5.48. The molecule has 0 radical (unpaired) electrons. The summed E-state index contributed by atoms with van der Waals surface area (Å²) in [5.41, 5.74) is 4.93. The van der Waals surface area contributed by atoms with Crippen LogP contribution >= 0.6 is 0 Å². The molecular formula is C29H27F3. The quantitative estimate of drug-likeness (QED) is 0.289. The van der Waals surface area contributed by atoms with E-state index >= 15 is 0 Å². The number of unbranched alkanes of at least 4 members (excludes halogenated alkanes) is 2. The first kappa shape index (κ1) is 22.2. The van der Waals surface area contributed by atoms with Crippen LogP contribution in [0.1, 0.15) is 71.9 Å². The summed E-state index contributed by atoms with van der Waals surface area (Å²) in [6.07, 6.45) is 7.48. The SMILES string of the molecule is CCCCCc1ccc(C2CCc3cc(C#Cc4cccc(F)c4F)c(F)cc3C2)cc1. The topological polar surface area (TPSA) is 0 Å². The van der Waals surface area contributed by atoms with Crippen LogP contribution in [-0.2, 0) is 19.3 Å². The largest absolute Gasteiger partial charge is 0.206 e. The van der Waals surface area contributed by atoms with E-state index in [1.54, 1.807) is 12.1 Å². The Morgan fingerprint density at radius 2 is 1.62 bits per heavy atom. The zero-order chi connectivity index (χ0) is 22.5. The fraction of sp³-hybridized carbons (Fsp3) is 0.310. The summed E-state index contributed by atoms with van der Waals surface area (Å²) >= 11 is 0. The van der Waals surface area contributed by atoms with Crippen LogP contribution in [0.15, 0.2) is 54.6 Å². The summed E-state index contributed by atoms with van der Waals surface area (Å²) in [7, 11) is 0. The molecule has 0 amide bonds. The molecule has 3 aromatic carbocycles. The van der Waals surface area contributed by atoms with Gasteiger partial charge in [0.2, 0.25) is 0 Å². The number of halogens is 3. The average Bonchev–Trinajstić information content (AvgIpc) is 2.80. The van der Waals surface area contributed by atoms with Gasteiger partial charge >= 0.3 is 0 Å².